The van der Waals surface area contributed by atoms with E-state index in [1.807, 2.05) is 12.1 Å². The Morgan fingerprint density at radius 2 is 2.18 bits per heavy atom. The molecule has 17 heavy (non-hydrogen) atoms. The van der Waals surface area contributed by atoms with Crippen molar-refractivity contribution < 1.29 is 4.74 Å². The lowest BCUT2D eigenvalue weighted by Gasteiger charge is -2.22. The minimum atomic E-state index is 0. The van der Waals surface area contributed by atoms with Crippen LogP contribution in [0.3, 0.4) is 0 Å². The smallest absolute Gasteiger partial charge is 0.122 e. The number of para-hydroxylation sites is 1. The lowest BCUT2D eigenvalue weighted by atomic mass is 9.97. The Bertz CT molecular complexity index is 324. The van der Waals surface area contributed by atoms with E-state index < -0.39 is 0 Å². The first-order valence-corrected chi connectivity index (χ1v) is 6.25. The van der Waals surface area contributed by atoms with Crippen molar-refractivity contribution >= 4 is 12.4 Å². The van der Waals surface area contributed by atoms with Crippen molar-refractivity contribution in [2.45, 2.75) is 26.2 Å². The van der Waals surface area contributed by atoms with Crippen LogP contribution >= 0.6 is 12.4 Å². The van der Waals surface area contributed by atoms with Gasteiger partial charge in [-0.1, -0.05) is 18.2 Å². The van der Waals surface area contributed by atoms with Crippen LogP contribution < -0.4 is 10.1 Å². The molecule has 1 N–H and O–H groups in total. The van der Waals surface area contributed by atoms with Crippen molar-refractivity contribution in [3.05, 3.63) is 29.8 Å². The van der Waals surface area contributed by atoms with Crippen LogP contribution in [0.1, 0.15) is 24.8 Å². The quantitative estimate of drug-likeness (QED) is 0.892. The van der Waals surface area contributed by atoms with E-state index >= 15 is 0 Å². The van der Waals surface area contributed by atoms with Gasteiger partial charge in [0.15, 0.2) is 0 Å². The number of nitrogens with one attached hydrogen (secondary N) is 1. The molecule has 2 rings (SSSR count). The molecular weight excluding hydrogens is 234 g/mol. The van der Waals surface area contributed by atoms with Gasteiger partial charge in [-0.25, -0.2) is 0 Å². The first-order chi connectivity index (χ1) is 7.86. The maximum absolute atomic E-state index is 5.81. The summed E-state index contributed by atoms with van der Waals surface area (Å²) in [6, 6.07) is 8.23. The molecule has 0 bridgehead atoms. The van der Waals surface area contributed by atoms with Crippen molar-refractivity contribution in [3.63, 3.8) is 0 Å². The topological polar surface area (TPSA) is 21.3 Å². The fraction of sp³-hybridized carbons (Fsp3) is 0.571. The number of rotatable bonds is 4. The normalized spacial score (nSPS) is 19.5. The zero-order valence-corrected chi connectivity index (χ0v) is 11.3. The number of hydrogen-bond donors (Lipinski definition) is 1. The van der Waals surface area contributed by atoms with Gasteiger partial charge in [0.05, 0.1) is 6.61 Å². The van der Waals surface area contributed by atoms with Crippen LogP contribution in [0.25, 0.3) is 0 Å². The first-order valence-electron chi connectivity index (χ1n) is 6.25. The maximum Gasteiger partial charge on any atom is 0.122 e. The summed E-state index contributed by atoms with van der Waals surface area (Å²) >= 11 is 0. The molecule has 0 aliphatic carbocycles. The average molecular weight is 256 g/mol. The molecule has 1 fully saturated rings. The van der Waals surface area contributed by atoms with Gasteiger partial charge in [-0.2, -0.15) is 0 Å². The van der Waals surface area contributed by atoms with E-state index in [0.717, 1.165) is 24.8 Å². The van der Waals surface area contributed by atoms with Crippen LogP contribution in [-0.4, -0.2) is 19.7 Å². The van der Waals surface area contributed by atoms with Gasteiger partial charge in [0.2, 0.25) is 0 Å². The van der Waals surface area contributed by atoms with Gasteiger partial charge in [-0.3, -0.25) is 0 Å². The van der Waals surface area contributed by atoms with E-state index in [9.17, 15) is 0 Å². The van der Waals surface area contributed by atoms with Gasteiger partial charge in [0, 0.05) is 0 Å². The molecule has 2 nitrogen and oxygen atoms in total. The van der Waals surface area contributed by atoms with E-state index in [1.165, 1.54) is 31.4 Å². The molecule has 0 saturated carbocycles. The minimum Gasteiger partial charge on any atom is -0.493 e. The van der Waals surface area contributed by atoms with Crippen molar-refractivity contribution in [1.82, 2.24) is 5.32 Å². The summed E-state index contributed by atoms with van der Waals surface area (Å²) in [7, 11) is 0. The molecule has 1 unspecified atom stereocenters. The highest BCUT2D eigenvalue weighted by molar-refractivity contribution is 5.85. The predicted octanol–water partition coefficient (Wildman–Crippen LogP) is 3.19. The molecule has 0 aromatic heterocycles. The average Bonchev–Trinajstić information content (AvgIpc) is 2.33. The summed E-state index contributed by atoms with van der Waals surface area (Å²) in [6.45, 7) is 5.29. The monoisotopic (exact) mass is 255 g/mol. The standard InChI is InChI=1S/C14H21NO.ClH/c1-12-5-2-3-7-14(12)16-10-8-13-6-4-9-15-11-13;/h2-3,5,7,13,15H,4,6,8-11H2,1H3;1H. The summed E-state index contributed by atoms with van der Waals surface area (Å²) in [5, 5.41) is 3.44. The Balaban J connectivity index is 0.00000144. The molecule has 1 heterocycles. The largest absolute Gasteiger partial charge is 0.493 e. The molecule has 96 valence electrons. The van der Waals surface area contributed by atoms with Crippen molar-refractivity contribution in [2.75, 3.05) is 19.7 Å². The Labute approximate surface area is 110 Å². The predicted molar refractivity (Wildman–Crippen MR) is 74.1 cm³/mol. The highest BCUT2D eigenvalue weighted by Crippen LogP contribution is 2.18. The van der Waals surface area contributed by atoms with Gasteiger partial charge in [0.1, 0.15) is 5.75 Å². The van der Waals surface area contributed by atoms with E-state index in [0.29, 0.717) is 0 Å². The summed E-state index contributed by atoms with van der Waals surface area (Å²) in [5.74, 6) is 1.84. The van der Waals surface area contributed by atoms with Gasteiger partial charge in [0.25, 0.3) is 0 Å². The molecule has 0 amide bonds. The summed E-state index contributed by atoms with van der Waals surface area (Å²) in [5.41, 5.74) is 1.23. The number of aryl methyl sites for hydroxylation is 1. The lowest BCUT2D eigenvalue weighted by Crippen LogP contribution is -2.30. The highest BCUT2D eigenvalue weighted by Gasteiger charge is 2.12. The SMILES string of the molecule is Cc1ccccc1OCCC1CCCNC1.Cl. The third kappa shape index (κ3) is 4.57. The van der Waals surface area contributed by atoms with Crippen LogP contribution in [0.5, 0.6) is 5.75 Å². The number of hydrogen-bond acceptors (Lipinski definition) is 2. The molecular formula is C14H22ClNO. The number of ether oxygens (including phenoxy) is 1. The summed E-state index contributed by atoms with van der Waals surface area (Å²) in [6.07, 6.45) is 3.83. The first kappa shape index (κ1) is 14.3. The van der Waals surface area contributed by atoms with Crippen LogP contribution in [0.2, 0.25) is 0 Å². The molecule has 1 aromatic carbocycles. The van der Waals surface area contributed by atoms with E-state index in [-0.39, 0.29) is 12.4 Å². The Hall–Kier alpha value is -0.730. The van der Waals surface area contributed by atoms with Crippen molar-refractivity contribution in [3.8, 4) is 5.75 Å². The maximum atomic E-state index is 5.81. The van der Waals surface area contributed by atoms with Crippen LogP contribution in [-0.2, 0) is 0 Å². The molecule has 1 aliphatic rings. The second-order valence-corrected chi connectivity index (χ2v) is 4.62. The van der Waals surface area contributed by atoms with Gasteiger partial charge >= 0.3 is 0 Å². The third-order valence-corrected chi connectivity index (χ3v) is 3.28. The zero-order valence-electron chi connectivity index (χ0n) is 10.4. The molecule has 1 atom stereocenters. The fourth-order valence-corrected chi connectivity index (χ4v) is 2.22. The van der Waals surface area contributed by atoms with Gasteiger partial charge in [-0.05, 0) is 56.8 Å². The third-order valence-electron chi connectivity index (χ3n) is 3.28. The molecule has 1 aliphatic heterocycles. The van der Waals surface area contributed by atoms with Crippen LogP contribution in [0.15, 0.2) is 24.3 Å². The molecule has 0 radical (unpaired) electrons. The van der Waals surface area contributed by atoms with Crippen LogP contribution in [0.4, 0.5) is 0 Å². The Morgan fingerprint density at radius 3 is 2.88 bits per heavy atom. The minimum absolute atomic E-state index is 0. The number of halogens is 1. The molecule has 1 saturated heterocycles. The van der Waals surface area contributed by atoms with Crippen molar-refractivity contribution in [2.24, 2.45) is 5.92 Å². The van der Waals surface area contributed by atoms with Crippen LogP contribution in [0, 0.1) is 12.8 Å². The van der Waals surface area contributed by atoms with E-state index in [1.54, 1.807) is 0 Å². The molecule has 0 spiro atoms. The van der Waals surface area contributed by atoms with Gasteiger partial charge in [-0.15, -0.1) is 12.4 Å². The zero-order chi connectivity index (χ0) is 11.2. The Kier molecular flexibility index (Phi) is 6.38. The molecule has 3 heteroatoms. The van der Waals surface area contributed by atoms with Gasteiger partial charge < -0.3 is 10.1 Å². The second kappa shape index (κ2) is 7.57. The lowest BCUT2D eigenvalue weighted by molar-refractivity contribution is 0.253. The van der Waals surface area contributed by atoms with Crippen molar-refractivity contribution in [1.29, 1.82) is 0 Å². The molecule has 1 aromatic rings. The Morgan fingerprint density at radius 1 is 1.35 bits per heavy atom. The van der Waals surface area contributed by atoms with E-state index in [4.69, 9.17) is 4.74 Å². The second-order valence-electron chi connectivity index (χ2n) is 4.62. The van der Waals surface area contributed by atoms with E-state index in [2.05, 4.69) is 24.4 Å². The number of piperidine rings is 1. The summed E-state index contributed by atoms with van der Waals surface area (Å²) in [4.78, 5) is 0. The number of benzene rings is 1. The summed E-state index contributed by atoms with van der Waals surface area (Å²) < 4.78 is 5.81. The highest BCUT2D eigenvalue weighted by atomic mass is 35.5. The fourth-order valence-electron chi connectivity index (χ4n) is 2.22.